The third-order valence-electron chi connectivity index (χ3n) is 2.55. The van der Waals surface area contributed by atoms with Gasteiger partial charge in [0.25, 0.3) is 0 Å². The third kappa shape index (κ3) is 2.74. The van der Waals surface area contributed by atoms with E-state index < -0.39 is 0 Å². The van der Waals surface area contributed by atoms with Gasteiger partial charge in [-0.3, -0.25) is 9.78 Å². The van der Waals surface area contributed by atoms with Crippen LogP contribution in [0.1, 0.15) is 6.92 Å². The van der Waals surface area contributed by atoms with Gasteiger partial charge in [-0.1, -0.05) is 13.0 Å². The fourth-order valence-corrected chi connectivity index (χ4v) is 1.63. The van der Waals surface area contributed by atoms with Crippen LogP contribution in [0.15, 0.2) is 36.5 Å². The van der Waals surface area contributed by atoms with Crippen molar-refractivity contribution in [3.05, 3.63) is 36.5 Å². The number of hydrogen-bond acceptors (Lipinski definition) is 2. The smallest absolute Gasteiger partial charge is 0.228 e. The molecule has 0 spiro atoms. The lowest BCUT2D eigenvalue weighted by molar-refractivity contribution is -0.118. The molecular weight excluding hydrogens is 236 g/mol. The molecule has 17 heavy (non-hydrogen) atoms. The van der Waals surface area contributed by atoms with Crippen molar-refractivity contribution < 1.29 is 4.79 Å². The van der Waals surface area contributed by atoms with Crippen LogP contribution in [-0.4, -0.2) is 16.8 Å². The number of aromatic nitrogens is 1. The molecule has 0 aliphatic carbocycles. The molecular formula is C13H13ClN2O. The van der Waals surface area contributed by atoms with E-state index in [0.717, 1.165) is 16.6 Å². The summed E-state index contributed by atoms with van der Waals surface area (Å²) in [6.07, 6.45) is 1.75. The first kappa shape index (κ1) is 11.9. The molecule has 0 bridgehead atoms. The van der Waals surface area contributed by atoms with Gasteiger partial charge in [0.05, 0.1) is 5.52 Å². The summed E-state index contributed by atoms with van der Waals surface area (Å²) in [6.45, 7) is 1.80. The van der Waals surface area contributed by atoms with Crippen LogP contribution in [0, 0.1) is 5.92 Å². The molecule has 0 saturated carbocycles. The Hall–Kier alpha value is -1.61. The summed E-state index contributed by atoms with van der Waals surface area (Å²) in [5, 5.41) is 3.84. The summed E-state index contributed by atoms with van der Waals surface area (Å²) in [7, 11) is 0. The van der Waals surface area contributed by atoms with E-state index in [1.807, 2.05) is 30.3 Å². The Balaban J connectivity index is 2.22. The number of nitrogens with zero attached hydrogens (tertiary/aromatic N) is 1. The molecule has 0 fully saturated rings. The number of benzene rings is 1. The number of alkyl halides is 1. The highest BCUT2D eigenvalue weighted by Gasteiger charge is 2.11. The van der Waals surface area contributed by atoms with E-state index in [0.29, 0.717) is 5.88 Å². The van der Waals surface area contributed by atoms with Crippen molar-refractivity contribution in [2.45, 2.75) is 6.92 Å². The van der Waals surface area contributed by atoms with Gasteiger partial charge in [-0.15, -0.1) is 11.6 Å². The summed E-state index contributed by atoms with van der Waals surface area (Å²) in [4.78, 5) is 15.9. The number of rotatable bonds is 3. The van der Waals surface area contributed by atoms with Gasteiger partial charge in [0.1, 0.15) is 0 Å². The first-order chi connectivity index (χ1) is 8.20. The molecule has 0 saturated heterocycles. The quantitative estimate of drug-likeness (QED) is 0.849. The molecule has 1 atom stereocenters. The minimum absolute atomic E-state index is 0.0664. The minimum Gasteiger partial charge on any atom is -0.326 e. The Morgan fingerprint density at radius 1 is 1.47 bits per heavy atom. The zero-order valence-corrected chi connectivity index (χ0v) is 10.2. The summed E-state index contributed by atoms with van der Waals surface area (Å²) in [6, 6.07) is 9.46. The SMILES string of the molecule is CC(CCl)C(=O)Nc1ccc2ncccc2c1. The predicted molar refractivity (Wildman–Crippen MR) is 70.3 cm³/mol. The number of pyridine rings is 1. The molecule has 1 N–H and O–H groups in total. The number of nitrogens with one attached hydrogen (secondary N) is 1. The summed E-state index contributed by atoms with van der Waals surface area (Å²) < 4.78 is 0. The van der Waals surface area contributed by atoms with E-state index in [4.69, 9.17) is 11.6 Å². The highest BCUT2D eigenvalue weighted by atomic mass is 35.5. The highest BCUT2D eigenvalue weighted by molar-refractivity contribution is 6.19. The van der Waals surface area contributed by atoms with Crippen LogP contribution < -0.4 is 5.32 Å². The van der Waals surface area contributed by atoms with Crippen molar-refractivity contribution in [1.82, 2.24) is 4.98 Å². The average Bonchev–Trinajstić information content (AvgIpc) is 2.37. The van der Waals surface area contributed by atoms with Gasteiger partial charge < -0.3 is 5.32 Å². The maximum absolute atomic E-state index is 11.7. The van der Waals surface area contributed by atoms with Crippen LogP contribution in [0.4, 0.5) is 5.69 Å². The first-order valence-corrected chi connectivity index (χ1v) is 5.96. The summed E-state index contributed by atoms with van der Waals surface area (Å²) in [5.74, 6) is 0.0607. The second-order valence-electron chi connectivity index (χ2n) is 3.96. The molecule has 1 aromatic heterocycles. The van der Waals surface area contributed by atoms with Crippen molar-refractivity contribution in [2.24, 2.45) is 5.92 Å². The molecule has 0 radical (unpaired) electrons. The number of carbonyl (C=O) groups is 1. The number of hydrogen-bond donors (Lipinski definition) is 1. The van der Waals surface area contributed by atoms with Crippen molar-refractivity contribution in [3.63, 3.8) is 0 Å². The zero-order chi connectivity index (χ0) is 12.3. The second-order valence-corrected chi connectivity index (χ2v) is 4.26. The van der Waals surface area contributed by atoms with Crippen molar-refractivity contribution >= 4 is 34.1 Å². The van der Waals surface area contributed by atoms with E-state index in [9.17, 15) is 4.79 Å². The van der Waals surface area contributed by atoms with Gasteiger partial charge in [-0.25, -0.2) is 0 Å². The molecule has 88 valence electrons. The maximum atomic E-state index is 11.7. The maximum Gasteiger partial charge on any atom is 0.228 e. The minimum atomic E-state index is -0.193. The normalized spacial score (nSPS) is 12.4. The van der Waals surface area contributed by atoms with Crippen LogP contribution in [0.3, 0.4) is 0 Å². The van der Waals surface area contributed by atoms with E-state index in [-0.39, 0.29) is 11.8 Å². The highest BCUT2D eigenvalue weighted by Crippen LogP contribution is 2.17. The Morgan fingerprint density at radius 3 is 3.06 bits per heavy atom. The number of fused-ring (bicyclic) bond motifs is 1. The monoisotopic (exact) mass is 248 g/mol. The molecule has 0 aliphatic rings. The second kappa shape index (κ2) is 5.15. The van der Waals surface area contributed by atoms with Crippen LogP contribution >= 0.6 is 11.6 Å². The van der Waals surface area contributed by atoms with Crippen LogP contribution in [0.25, 0.3) is 10.9 Å². The fraction of sp³-hybridized carbons (Fsp3) is 0.231. The average molecular weight is 249 g/mol. The Labute approximate surface area is 105 Å². The Bertz CT molecular complexity index is 542. The molecule has 1 heterocycles. The summed E-state index contributed by atoms with van der Waals surface area (Å²) in [5.41, 5.74) is 1.68. The lowest BCUT2D eigenvalue weighted by Crippen LogP contribution is -2.21. The molecule has 2 aromatic rings. The van der Waals surface area contributed by atoms with Crippen LogP contribution in [-0.2, 0) is 4.79 Å². The molecule has 1 aromatic carbocycles. The van der Waals surface area contributed by atoms with E-state index in [1.165, 1.54) is 0 Å². The van der Waals surface area contributed by atoms with E-state index >= 15 is 0 Å². The van der Waals surface area contributed by atoms with Gasteiger partial charge >= 0.3 is 0 Å². The lowest BCUT2D eigenvalue weighted by Gasteiger charge is -2.09. The molecule has 0 aliphatic heterocycles. The van der Waals surface area contributed by atoms with Crippen molar-refractivity contribution in [3.8, 4) is 0 Å². The third-order valence-corrected chi connectivity index (χ3v) is 3.01. The fourth-order valence-electron chi connectivity index (χ4n) is 1.49. The van der Waals surface area contributed by atoms with Crippen molar-refractivity contribution in [1.29, 1.82) is 0 Å². The van der Waals surface area contributed by atoms with Gasteiger partial charge in [0.2, 0.25) is 5.91 Å². The molecule has 1 amide bonds. The number of anilines is 1. The number of carbonyl (C=O) groups excluding carboxylic acids is 1. The largest absolute Gasteiger partial charge is 0.326 e. The molecule has 1 unspecified atom stereocenters. The topological polar surface area (TPSA) is 42.0 Å². The Kier molecular flexibility index (Phi) is 3.59. The van der Waals surface area contributed by atoms with Gasteiger partial charge in [-0.2, -0.15) is 0 Å². The van der Waals surface area contributed by atoms with E-state index in [2.05, 4.69) is 10.3 Å². The Morgan fingerprint density at radius 2 is 2.29 bits per heavy atom. The number of amides is 1. The van der Waals surface area contributed by atoms with Gasteiger partial charge in [-0.05, 0) is 24.3 Å². The number of halogens is 1. The van der Waals surface area contributed by atoms with Crippen LogP contribution in [0.5, 0.6) is 0 Å². The molecule has 3 nitrogen and oxygen atoms in total. The first-order valence-electron chi connectivity index (χ1n) is 5.42. The van der Waals surface area contributed by atoms with Gasteiger partial charge in [0.15, 0.2) is 0 Å². The lowest BCUT2D eigenvalue weighted by atomic mass is 10.1. The zero-order valence-electron chi connectivity index (χ0n) is 9.48. The molecule has 4 heteroatoms. The standard InChI is InChI=1S/C13H13ClN2O/c1-9(8-14)13(17)16-11-4-5-12-10(7-11)3-2-6-15-12/h2-7,9H,8H2,1H3,(H,16,17). The van der Waals surface area contributed by atoms with Gasteiger partial charge in [0, 0.05) is 29.1 Å². The van der Waals surface area contributed by atoms with Crippen molar-refractivity contribution in [2.75, 3.05) is 11.2 Å². The van der Waals surface area contributed by atoms with Crippen LogP contribution in [0.2, 0.25) is 0 Å². The summed E-state index contributed by atoms with van der Waals surface area (Å²) >= 11 is 5.64. The van der Waals surface area contributed by atoms with E-state index in [1.54, 1.807) is 13.1 Å². The molecule has 2 rings (SSSR count). The predicted octanol–water partition coefficient (Wildman–Crippen LogP) is 3.05.